The molecule has 0 spiro atoms. The van der Waals surface area contributed by atoms with Crippen molar-refractivity contribution >= 4 is 204 Å². The molecule has 0 saturated carbocycles. The molecule has 5 rings (SSSR count). The van der Waals surface area contributed by atoms with Gasteiger partial charge in [0, 0.05) is 250 Å². The molecule has 1 aromatic carbocycles. The number of piperidine rings is 2. The third kappa shape index (κ3) is 19.2. The van der Waals surface area contributed by atoms with Crippen LogP contribution in [0.4, 0.5) is 9.59 Å². The molecule has 0 aliphatic carbocycles. The molecule has 9 nitrogen and oxygen atoms in total. The number of nitrogens with zero attached hydrogens (tertiary/aromatic N) is 3. The molecule has 4 fully saturated rings. The lowest BCUT2D eigenvalue weighted by molar-refractivity contribution is 0.0205. The van der Waals surface area contributed by atoms with Crippen LogP contribution in [0.5, 0.6) is 0 Å². The van der Waals surface area contributed by atoms with Crippen LogP contribution in [0.3, 0.4) is 0 Å². The van der Waals surface area contributed by atoms with Crippen molar-refractivity contribution in [3.05, 3.63) is 35.9 Å². The lowest BCUT2D eigenvalue weighted by atomic mass is 8.33. The van der Waals surface area contributed by atoms with Gasteiger partial charge in [0.15, 0.2) is 0 Å². The molecule has 2 amide bonds. The molecule has 2 N–H and O–H groups in total. The molecular formula is C30H50B27N4O5. The number of fused-ring (bicyclic) bond motifs is 4. The number of amides is 2. The molecule has 66 heavy (non-hydrogen) atoms. The van der Waals surface area contributed by atoms with E-state index in [-0.39, 0.29) is 17.8 Å². The summed E-state index contributed by atoms with van der Waals surface area (Å²) in [7, 11) is 85.5. The molecule has 36 heteroatoms. The number of aliphatic hydroxyl groups excluding tert-OH is 1. The Kier molecular flexibility index (Phi) is 26.5. The zero-order chi connectivity index (χ0) is 50.4. The van der Waals surface area contributed by atoms with Crippen molar-refractivity contribution in [2.24, 2.45) is 11.8 Å². The minimum Gasteiger partial charge on any atom is -0.444 e. The Hall–Kier alpha value is -0.607. The Morgan fingerprint density at radius 1 is 0.606 bits per heavy atom. The third-order valence-corrected chi connectivity index (χ3v) is 12.4. The summed E-state index contributed by atoms with van der Waals surface area (Å²) in [5, 5.41) is 10.3. The first-order chi connectivity index (χ1) is 30.6. The Morgan fingerprint density at radius 3 is 1.42 bits per heavy atom. The maximum Gasteiger partial charge on any atom is 0.410 e. The summed E-state index contributed by atoms with van der Waals surface area (Å²) in [5.74, 6) is 1.20. The molecule has 29 radical (unpaired) electrons. The van der Waals surface area contributed by atoms with Crippen LogP contribution in [0, 0.1) is 11.8 Å². The molecule has 1 aromatic rings. The number of ether oxygens (including phenoxy) is 2. The molecule has 4 bridgehead atoms. The van der Waals surface area contributed by atoms with Gasteiger partial charge in [-0.15, -0.1) is 0 Å². The molecule has 4 aliphatic heterocycles. The molecule has 4 atom stereocenters. The van der Waals surface area contributed by atoms with E-state index in [0.717, 1.165) is 65.8 Å². The minimum absolute atomic E-state index is 0.151. The summed E-state index contributed by atoms with van der Waals surface area (Å²) < 4.78 is 10.9. The lowest BCUT2D eigenvalue weighted by Crippen LogP contribution is -2.86. The fourth-order valence-electron chi connectivity index (χ4n) is 9.90. The van der Waals surface area contributed by atoms with Crippen LogP contribution in [0.25, 0.3) is 0 Å². The second-order valence-corrected chi connectivity index (χ2v) is 20.2. The quantitative estimate of drug-likeness (QED) is 0.181. The first-order valence-electron chi connectivity index (χ1n) is 22.9. The lowest BCUT2D eigenvalue weighted by Gasteiger charge is -2.48. The summed E-state index contributed by atoms with van der Waals surface area (Å²) >= 11 is 0. The van der Waals surface area contributed by atoms with Gasteiger partial charge in [-0.25, -0.2) is 9.59 Å². The fraction of sp³-hybridized carbons (Fsp3) is 0.733. The highest BCUT2D eigenvalue weighted by Crippen LogP contribution is 2.32. The van der Waals surface area contributed by atoms with Crippen LogP contribution in [-0.4, -0.2) is 294 Å². The highest BCUT2D eigenvalue weighted by Gasteiger charge is 2.50. The number of aliphatic hydroxyl groups is 1. The number of carbonyl (C=O) groups is 2. The van der Waals surface area contributed by atoms with Gasteiger partial charge >= 0.3 is 12.2 Å². The van der Waals surface area contributed by atoms with Gasteiger partial charge in [-0.1, -0.05) is 30.3 Å². The van der Waals surface area contributed by atoms with Crippen molar-refractivity contribution in [3.8, 4) is 0 Å². The van der Waals surface area contributed by atoms with Crippen molar-refractivity contribution in [2.75, 3.05) is 46.4 Å². The first kappa shape index (κ1) is 61.5. The largest absolute Gasteiger partial charge is 0.444 e. The average Bonchev–Trinajstić information content (AvgIpc) is 3.67. The highest BCUT2D eigenvalue weighted by molar-refractivity contribution is 8.25. The number of hydrogen-bond acceptors (Lipinski definition) is 7. The topological polar surface area (TPSA) is 94.6 Å². The Labute approximate surface area is 424 Å². The van der Waals surface area contributed by atoms with E-state index in [0.29, 0.717) is 23.9 Å². The number of likely N-dealkylation sites (tertiary alicyclic amines) is 3. The van der Waals surface area contributed by atoms with Crippen LogP contribution in [0.15, 0.2) is 30.3 Å². The summed E-state index contributed by atoms with van der Waals surface area (Å²) in [4.78, 5) is 30.5. The Bertz CT molecular complexity index is 1530. The smallest absolute Gasteiger partial charge is 0.410 e. The zero-order valence-corrected chi connectivity index (χ0v) is 40.6. The van der Waals surface area contributed by atoms with Crippen LogP contribution in [0.2, 0.25) is 0 Å². The molecule has 4 aliphatic rings. The highest BCUT2D eigenvalue weighted by atomic mass is 16.6. The van der Waals surface area contributed by atoms with Crippen molar-refractivity contribution in [1.82, 2.24) is 20.0 Å². The average molecular weight is 839 g/mol. The normalized spacial score (nSPS) is 19.3. The predicted molar refractivity (Wildman–Crippen MR) is 308 cm³/mol. The molecule has 4 saturated heterocycles. The molecule has 4 heterocycles. The van der Waals surface area contributed by atoms with Crippen LogP contribution in [0.1, 0.15) is 59.9 Å². The molecule has 301 valence electrons. The van der Waals surface area contributed by atoms with Gasteiger partial charge in [-0.3, -0.25) is 4.90 Å². The van der Waals surface area contributed by atoms with Crippen molar-refractivity contribution in [2.45, 2.75) is 84.2 Å². The number of rotatable bonds is 14. The van der Waals surface area contributed by atoms with Crippen molar-refractivity contribution < 1.29 is 24.2 Å². The van der Waals surface area contributed by atoms with Crippen molar-refractivity contribution in [1.29, 1.82) is 0 Å². The molecule has 0 aromatic heterocycles. The number of hydrogen-bond donors (Lipinski definition) is 2. The molecular weight excluding hydrogens is 788 g/mol. The van der Waals surface area contributed by atoms with E-state index >= 15 is 0 Å². The van der Waals surface area contributed by atoms with E-state index in [9.17, 15) is 9.59 Å². The van der Waals surface area contributed by atoms with Gasteiger partial charge in [0.2, 0.25) is 0 Å². The number of benzene rings is 1. The Balaban J connectivity index is 0.000000344. The third-order valence-electron chi connectivity index (χ3n) is 12.4. The second kappa shape index (κ2) is 28.4. The van der Waals surface area contributed by atoms with Gasteiger partial charge in [0.1, 0.15) is 11.2 Å². The number of carbonyl (C=O) groups excluding carboxylic acids is 2. The van der Waals surface area contributed by atoms with Crippen LogP contribution < -0.4 is 5.32 Å². The van der Waals surface area contributed by atoms with Crippen molar-refractivity contribution in [3.63, 3.8) is 0 Å². The maximum absolute atomic E-state index is 12.4. The molecule has 4 unspecified atom stereocenters. The van der Waals surface area contributed by atoms with Gasteiger partial charge in [0.25, 0.3) is 0 Å². The SMILES string of the molecule is CC(C)(C)OC(=O)N1CC2CC1CN(Cc1ccccc1)C2.CC(C)(C)OC(=O)N1CC2CNCC1C2.CO.[B][B]B([B])B(B(B([B])[B])B([B])[B])B(B(B([B])[B])B([B])[B])B(B([B])[B])B([B])[B]. The van der Waals surface area contributed by atoms with E-state index in [1.165, 1.54) is 12.6 Å². The minimum atomic E-state index is -0.994. The van der Waals surface area contributed by atoms with Crippen LogP contribution in [-0.2, 0) is 16.0 Å². The monoisotopic (exact) mass is 844 g/mol. The van der Waals surface area contributed by atoms with Crippen LogP contribution >= 0.6 is 0 Å². The van der Waals surface area contributed by atoms with E-state index in [4.69, 9.17) is 123 Å². The summed E-state index contributed by atoms with van der Waals surface area (Å²) in [6.07, 6.45) is -8.59. The Morgan fingerprint density at radius 2 is 1.02 bits per heavy atom. The van der Waals surface area contributed by atoms with E-state index < -0.39 is 82.2 Å². The standard InChI is InChI=1S/C18H26N2O2.C11H20N2O2.CH4O.B27/c1-18(2,3)22-17(21)20-12-15-9-16(20)13-19(11-15)10-14-7-5-4-6-8-14;1-11(2,3)15-10(14)13-7-8-4-9(13)6-12-5-8;1-2;1-15-22(14)26(23(16(2)3)17(4)5)27(24(18(6)7)19(8)9)25(20(10)11)21(12)13/h4-8,15-16H,9-13H2,1-3H3;8-9,12H,4-7H2,1-3H3;2H,1H3;. The number of nitrogens with one attached hydrogen (secondary N) is 1. The van der Waals surface area contributed by atoms with Gasteiger partial charge in [0.05, 0.1) is 0 Å². The van der Waals surface area contributed by atoms with Gasteiger partial charge < -0.3 is 29.7 Å². The second-order valence-electron chi connectivity index (χ2n) is 20.2. The maximum atomic E-state index is 12.4. The van der Waals surface area contributed by atoms with Gasteiger partial charge in [-0.05, 0) is 78.3 Å². The summed E-state index contributed by atoms with van der Waals surface area (Å²) in [6.45, 7) is 18.1. The fourth-order valence-corrected chi connectivity index (χ4v) is 9.90. The van der Waals surface area contributed by atoms with Gasteiger partial charge in [-0.2, -0.15) is 0 Å². The van der Waals surface area contributed by atoms with E-state index in [1.807, 2.05) is 57.4 Å². The predicted octanol–water partition coefficient (Wildman–Crippen LogP) is -6.33. The summed E-state index contributed by atoms with van der Waals surface area (Å²) in [6, 6.07) is 11.2. The summed E-state index contributed by atoms with van der Waals surface area (Å²) in [5.41, 5.74) is 0.534. The first-order valence-corrected chi connectivity index (χ1v) is 22.9. The zero-order valence-electron chi connectivity index (χ0n) is 40.6. The van der Waals surface area contributed by atoms with E-state index in [2.05, 4.69) is 34.5 Å². The van der Waals surface area contributed by atoms with E-state index in [1.54, 1.807) is 0 Å².